The van der Waals surface area contributed by atoms with Crippen LogP contribution in [-0.4, -0.2) is 37.7 Å². The van der Waals surface area contributed by atoms with Gasteiger partial charge in [-0.3, -0.25) is 0 Å². The Morgan fingerprint density at radius 1 is 1.24 bits per heavy atom. The second-order valence-corrected chi connectivity index (χ2v) is 6.09. The minimum Gasteiger partial charge on any atom is -0.492 e. The van der Waals surface area contributed by atoms with Crippen molar-refractivity contribution in [3.8, 4) is 5.75 Å². The minimum atomic E-state index is 0.351. The molecule has 1 N–H and O–H groups in total. The van der Waals surface area contributed by atoms with Crippen molar-refractivity contribution in [1.29, 1.82) is 0 Å². The summed E-state index contributed by atoms with van der Waals surface area (Å²) < 4.78 is 6.95. The van der Waals surface area contributed by atoms with E-state index in [9.17, 15) is 0 Å². The van der Waals surface area contributed by atoms with Gasteiger partial charge in [0.2, 0.25) is 0 Å². The maximum Gasteiger partial charge on any atom is 0.120 e. The van der Waals surface area contributed by atoms with E-state index in [1.54, 1.807) is 0 Å². The first-order valence-corrected chi connectivity index (χ1v) is 8.79. The van der Waals surface area contributed by atoms with E-state index < -0.39 is 0 Å². The van der Waals surface area contributed by atoms with Gasteiger partial charge in [-0.05, 0) is 50.7 Å². The number of benzene rings is 1. The summed E-state index contributed by atoms with van der Waals surface area (Å²) in [6.45, 7) is 13.6. The highest BCUT2D eigenvalue weighted by Gasteiger charge is 2.09. The number of likely N-dealkylation sites (N-methyl/N-ethyl adjacent to an activating group) is 1. The van der Waals surface area contributed by atoms with Gasteiger partial charge in [0, 0.05) is 17.1 Å². The highest BCUT2D eigenvalue weighted by atomic mass is 79.9. The summed E-state index contributed by atoms with van der Waals surface area (Å²) in [7, 11) is 0. The van der Waals surface area contributed by atoms with E-state index in [1.165, 1.54) is 5.56 Å². The first-order valence-electron chi connectivity index (χ1n) is 8.00. The van der Waals surface area contributed by atoms with Gasteiger partial charge in [0.1, 0.15) is 12.4 Å². The summed E-state index contributed by atoms with van der Waals surface area (Å²) in [6.07, 6.45) is 1.15. The lowest BCUT2D eigenvalue weighted by Gasteiger charge is -2.19. The zero-order chi connectivity index (χ0) is 15.7. The fraction of sp³-hybridized carbons (Fsp3) is 0.647. The highest BCUT2D eigenvalue weighted by molar-refractivity contribution is 9.10. The Balaban J connectivity index is 2.53. The van der Waals surface area contributed by atoms with Crippen LogP contribution < -0.4 is 10.1 Å². The Morgan fingerprint density at radius 2 is 1.95 bits per heavy atom. The zero-order valence-corrected chi connectivity index (χ0v) is 15.4. The van der Waals surface area contributed by atoms with Crippen molar-refractivity contribution in [2.75, 3.05) is 32.8 Å². The average molecular weight is 357 g/mol. The quantitative estimate of drug-likeness (QED) is 0.678. The van der Waals surface area contributed by atoms with E-state index in [-0.39, 0.29) is 0 Å². The number of hydrogen-bond acceptors (Lipinski definition) is 3. The maximum absolute atomic E-state index is 5.84. The van der Waals surface area contributed by atoms with Crippen LogP contribution in [0.5, 0.6) is 5.75 Å². The van der Waals surface area contributed by atoms with Crippen LogP contribution in [0, 0.1) is 0 Å². The summed E-state index contributed by atoms with van der Waals surface area (Å²) in [6, 6.07) is 6.63. The molecule has 0 aliphatic heterocycles. The summed E-state index contributed by atoms with van der Waals surface area (Å²) in [5.74, 6) is 0.931. The van der Waals surface area contributed by atoms with Crippen molar-refractivity contribution < 1.29 is 4.74 Å². The van der Waals surface area contributed by atoms with E-state index in [1.807, 2.05) is 0 Å². The Hall–Kier alpha value is -0.580. The Labute approximate surface area is 138 Å². The highest BCUT2D eigenvalue weighted by Crippen LogP contribution is 2.27. The number of halogens is 1. The number of ether oxygens (including phenoxy) is 1. The molecule has 21 heavy (non-hydrogen) atoms. The maximum atomic E-state index is 5.84. The van der Waals surface area contributed by atoms with Gasteiger partial charge in [-0.25, -0.2) is 0 Å². The van der Waals surface area contributed by atoms with Crippen LogP contribution in [-0.2, 0) is 0 Å². The molecule has 0 saturated heterocycles. The van der Waals surface area contributed by atoms with Crippen LogP contribution in [0.15, 0.2) is 22.7 Å². The summed E-state index contributed by atoms with van der Waals surface area (Å²) in [5.41, 5.74) is 1.28. The van der Waals surface area contributed by atoms with Gasteiger partial charge in [-0.1, -0.05) is 42.8 Å². The van der Waals surface area contributed by atoms with Crippen LogP contribution in [0.3, 0.4) is 0 Å². The normalized spacial score (nSPS) is 12.7. The molecule has 4 heteroatoms. The summed E-state index contributed by atoms with van der Waals surface area (Å²) >= 11 is 3.66. The molecule has 1 aromatic rings. The van der Waals surface area contributed by atoms with Crippen molar-refractivity contribution in [3.63, 3.8) is 0 Å². The summed E-state index contributed by atoms with van der Waals surface area (Å²) in [5, 5.41) is 3.50. The molecule has 0 heterocycles. The molecule has 0 amide bonds. The molecular formula is C17H29BrN2O. The SMILES string of the molecule is CCCNC(C)c1ccc(OCCN(CC)CC)cc1Br. The molecule has 0 spiro atoms. The van der Waals surface area contributed by atoms with Crippen LogP contribution in [0.2, 0.25) is 0 Å². The summed E-state index contributed by atoms with van der Waals surface area (Å²) in [4.78, 5) is 2.36. The second-order valence-electron chi connectivity index (χ2n) is 5.23. The van der Waals surface area contributed by atoms with E-state index in [0.717, 1.165) is 49.4 Å². The first-order chi connectivity index (χ1) is 10.1. The van der Waals surface area contributed by atoms with Gasteiger partial charge >= 0.3 is 0 Å². The molecule has 0 fully saturated rings. The number of nitrogens with zero attached hydrogens (tertiary/aromatic N) is 1. The van der Waals surface area contributed by atoms with Crippen molar-refractivity contribution in [2.24, 2.45) is 0 Å². The minimum absolute atomic E-state index is 0.351. The van der Waals surface area contributed by atoms with Gasteiger partial charge in [0.25, 0.3) is 0 Å². The van der Waals surface area contributed by atoms with Gasteiger partial charge in [0.15, 0.2) is 0 Å². The largest absolute Gasteiger partial charge is 0.492 e. The predicted octanol–water partition coefficient (Wildman–Crippen LogP) is 4.23. The van der Waals surface area contributed by atoms with Crippen molar-refractivity contribution >= 4 is 15.9 Å². The van der Waals surface area contributed by atoms with E-state index in [0.29, 0.717) is 6.04 Å². The molecule has 1 atom stereocenters. The third-order valence-electron chi connectivity index (χ3n) is 3.71. The second kappa shape index (κ2) is 10.2. The molecule has 1 aromatic carbocycles. The van der Waals surface area contributed by atoms with E-state index >= 15 is 0 Å². The van der Waals surface area contributed by atoms with Crippen LogP contribution in [0.25, 0.3) is 0 Å². The third kappa shape index (κ3) is 6.37. The van der Waals surface area contributed by atoms with Crippen molar-refractivity contribution in [3.05, 3.63) is 28.2 Å². The first kappa shape index (κ1) is 18.5. The van der Waals surface area contributed by atoms with Gasteiger partial charge in [0.05, 0.1) is 0 Å². The molecule has 3 nitrogen and oxygen atoms in total. The lowest BCUT2D eigenvalue weighted by Crippen LogP contribution is -2.27. The lowest BCUT2D eigenvalue weighted by molar-refractivity contribution is 0.222. The fourth-order valence-electron chi connectivity index (χ4n) is 2.25. The molecule has 1 rings (SSSR count). The van der Waals surface area contributed by atoms with Crippen LogP contribution in [0.4, 0.5) is 0 Å². The number of nitrogens with one attached hydrogen (secondary N) is 1. The zero-order valence-electron chi connectivity index (χ0n) is 13.8. The number of rotatable bonds is 10. The Kier molecular flexibility index (Phi) is 8.97. The molecular weight excluding hydrogens is 328 g/mol. The van der Waals surface area contributed by atoms with Gasteiger partial charge in [-0.2, -0.15) is 0 Å². The third-order valence-corrected chi connectivity index (χ3v) is 4.40. The predicted molar refractivity (Wildman–Crippen MR) is 94.1 cm³/mol. The molecule has 0 aliphatic rings. The Morgan fingerprint density at radius 3 is 2.52 bits per heavy atom. The van der Waals surface area contributed by atoms with E-state index in [2.05, 4.69) is 72.0 Å². The van der Waals surface area contributed by atoms with Crippen LogP contribution >= 0.6 is 15.9 Å². The smallest absolute Gasteiger partial charge is 0.120 e. The molecule has 0 radical (unpaired) electrons. The Bertz CT molecular complexity index is 408. The van der Waals surface area contributed by atoms with E-state index in [4.69, 9.17) is 4.74 Å². The number of hydrogen-bond donors (Lipinski definition) is 1. The van der Waals surface area contributed by atoms with Crippen molar-refractivity contribution in [2.45, 2.75) is 40.2 Å². The molecule has 1 unspecified atom stereocenters. The lowest BCUT2D eigenvalue weighted by atomic mass is 10.1. The standard InChI is InChI=1S/C17H29BrN2O/c1-5-10-19-14(4)16-9-8-15(13-17(16)18)21-12-11-20(6-2)7-3/h8-9,13-14,19H,5-7,10-12H2,1-4H3. The van der Waals surface area contributed by atoms with Gasteiger partial charge < -0.3 is 15.0 Å². The molecule has 0 saturated carbocycles. The monoisotopic (exact) mass is 356 g/mol. The van der Waals surface area contributed by atoms with Crippen molar-refractivity contribution in [1.82, 2.24) is 10.2 Å². The average Bonchev–Trinajstić information content (AvgIpc) is 2.49. The molecule has 0 aromatic heterocycles. The molecule has 120 valence electrons. The topological polar surface area (TPSA) is 24.5 Å². The van der Waals surface area contributed by atoms with Gasteiger partial charge in [-0.15, -0.1) is 0 Å². The molecule has 0 bridgehead atoms. The van der Waals surface area contributed by atoms with Crippen LogP contribution in [0.1, 0.15) is 45.7 Å². The molecule has 0 aliphatic carbocycles. The fourth-order valence-corrected chi connectivity index (χ4v) is 2.95.